The highest BCUT2D eigenvalue weighted by molar-refractivity contribution is 5.98. The largest absolute Gasteiger partial charge is 0.496 e. The zero-order valence-electron chi connectivity index (χ0n) is 14.5. The van der Waals surface area contributed by atoms with Gasteiger partial charge in [0.05, 0.1) is 19.9 Å². The first kappa shape index (κ1) is 16.8. The first-order valence-corrected chi connectivity index (χ1v) is 8.26. The monoisotopic (exact) mass is 332 g/mol. The van der Waals surface area contributed by atoms with Crippen LogP contribution in [0.2, 0.25) is 0 Å². The van der Waals surface area contributed by atoms with Gasteiger partial charge in [0.1, 0.15) is 11.3 Å². The fraction of sp³-hybridized carbons (Fsp3) is 0.556. The van der Waals surface area contributed by atoms with Gasteiger partial charge in [-0.15, -0.1) is 0 Å². The number of carbonyl (C=O) groups excluding carboxylic acids is 2. The van der Waals surface area contributed by atoms with Crippen molar-refractivity contribution in [3.05, 3.63) is 23.3 Å². The Hall–Kier alpha value is -2.08. The van der Waals surface area contributed by atoms with E-state index < -0.39 is 5.97 Å². The van der Waals surface area contributed by atoms with E-state index in [9.17, 15) is 9.59 Å². The van der Waals surface area contributed by atoms with Gasteiger partial charge in [0.15, 0.2) is 0 Å². The van der Waals surface area contributed by atoms with E-state index >= 15 is 0 Å². The van der Waals surface area contributed by atoms with E-state index in [1.807, 2.05) is 4.90 Å². The maximum absolute atomic E-state index is 12.4. The molecule has 1 aromatic rings. The van der Waals surface area contributed by atoms with Gasteiger partial charge in [0, 0.05) is 25.1 Å². The standard InChI is InChI=1S/C18H24N2O4/c1-9-16(19)12-7-13(18(22)24-4)15(23-3)8-14(12)20(10(2)21)17(9)11-5-6-11/h7-9,11,16-17H,5-6,19H2,1-4H3. The number of ether oxygens (including phenoxy) is 2. The maximum Gasteiger partial charge on any atom is 0.341 e. The molecule has 1 aromatic carbocycles. The Bertz CT molecular complexity index is 684. The highest BCUT2D eigenvalue weighted by atomic mass is 16.5. The van der Waals surface area contributed by atoms with Gasteiger partial charge >= 0.3 is 5.97 Å². The lowest BCUT2D eigenvalue weighted by Crippen LogP contribution is -2.51. The molecule has 1 amide bonds. The van der Waals surface area contributed by atoms with E-state index in [1.54, 1.807) is 19.1 Å². The number of carbonyl (C=O) groups is 2. The lowest BCUT2D eigenvalue weighted by Gasteiger charge is -2.44. The second-order valence-electron chi connectivity index (χ2n) is 6.70. The molecule has 2 aliphatic rings. The van der Waals surface area contributed by atoms with Crippen LogP contribution in [0.15, 0.2) is 12.1 Å². The van der Waals surface area contributed by atoms with Gasteiger partial charge in [0.2, 0.25) is 5.91 Å². The van der Waals surface area contributed by atoms with Crippen LogP contribution in [0.4, 0.5) is 5.69 Å². The minimum Gasteiger partial charge on any atom is -0.496 e. The molecule has 6 heteroatoms. The van der Waals surface area contributed by atoms with Crippen molar-refractivity contribution < 1.29 is 19.1 Å². The fourth-order valence-corrected chi connectivity index (χ4v) is 3.85. The van der Waals surface area contributed by atoms with Crippen LogP contribution in [0, 0.1) is 11.8 Å². The zero-order valence-corrected chi connectivity index (χ0v) is 14.5. The van der Waals surface area contributed by atoms with Crippen LogP contribution >= 0.6 is 0 Å². The third-order valence-electron chi connectivity index (χ3n) is 5.22. The minimum absolute atomic E-state index is 0.0141. The number of nitrogens with two attached hydrogens (primary N) is 1. The molecule has 3 atom stereocenters. The van der Waals surface area contributed by atoms with Crippen molar-refractivity contribution in [1.82, 2.24) is 0 Å². The Morgan fingerprint density at radius 3 is 2.42 bits per heavy atom. The van der Waals surface area contributed by atoms with E-state index in [-0.39, 0.29) is 23.9 Å². The van der Waals surface area contributed by atoms with Crippen molar-refractivity contribution >= 4 is 17.6 Å². The number of fused-ring (bicyclic) bond motifs is 1. The van der Waals surface area contributed by atoms with Crippen molar-refractivity contribution in [1.29, 1.82) is 0 Å². The summed E-state index contributed by atoms with van der Waals surface area (Å²) in [6.07, 6.45) is 2.25. The molecule has 24 heavy (non-hydrogen) atoms. The van der Waals surface area contributed by atoms with Gasteiger partial charge < -0.3 is 20.1 Å². The van der Waals surface area contributed by atoms with Crippen molar-refractivity contribution in [3.63, 3.8) is 0 Å². The van der Waals surface area contributed by atoms with Crippen LogP contribution in [0.3, 0.4) is 0 Å². The fourth-order valence-electron chi connectivity index (χ4n) is 3.85. The molecule has 1 heterocycles. The van der Waals surface area contributed by atoms with Gasteiger partial charge in [-0.05, 0) is 36.3 Å². The lowest BCUT2D eigenvalue weighted by atomic mass is 9.80. The van der Waals surface area contributed by atoms with Crippen molar-refractivity contribution in [3.8, 4) is 5.75 Å². The quantitative estimate of drug-likeness (QED) is 0.859. The van der Waals surface area contributed by atoms with Gasteiger partial charge in [-0.2, -0.15) is 0 Å². The summed E-state index contributed by atoms with van der Waals surface area (Å²) in [5.74, 6) is 0.512. The van der Waals surface area contributed by atoms with Gasteiger partial charge in [-0.25, -0.2) is 4.79 Å². The number of esters is 1. The molecule has 0 bridgehead atoms. The smallest absolute Gasteiger partial charge is 0.341 e. The van der Waals surface area contributed by atoms with Crippen LogP contribution in [0.1, 0.15) is 48.7 Å². The first-order chi connectivity index (χ1) is 11.4. The second kappa shape index (κ2) is 6.09. The molecule has 3 rings (SSSR count). The van der Waals surface area contributed by atoms with Crippen LogP contribution in [0.5, 0.6) is 5.75 Å². The molecule has 6 nitrogen and oxygen atoms in total. The molecule has 3 unspecified atom stereocenters. The summed E-state index contributed by atoms with van der Waals surface area (Å²) in [5.41, 5.74) is 8.34. The van der Waals surface area contributed by atoms with Gasteiger partial charge in [0.25, 0.3) is 0 Å². The Kier molecular flexibility index (Phi) is 4.25. The molecule has 0 radical (unpaired) electrons. The number of hydrogen-bond acceptors (Lipinski definition) is 5. The number of anilines is 1. The van der Waals surface area contributed by atoms with E-state index in [0.29, 0.717) is 17.2 Å². The predicted molar refractivity (Wildman–Crippen MR) is 90.1 cm³/mol. The summed E-state index contributed by atoms with van der Waals surface area (Å²) in [7, 11) is 2.82. The third kappa shape index (κ3) is 2.55. The highest BCUT2D eigenvalue weighted by Gasteiger charge is 2.47. The number of nitrogens with zero attached hydrogens (tertiary/aromatic N) is 1. The molecular weight excluding hydrogens is 308 g/mol. The third-order valence-corrected chi connectivity index (χ3v) is 5.22. The molecule has 0 saturated heterocycles. The van der Waals surface area contributed by atoms with Crippen LogP contribution in [0.25, 0.3) is 0 Å². The average Bonchev–Trinajstić information content (AvgIpc) is 3.40. The molecule has 0 aromatic heterocycles. The molecule has 1 aliphatic carbocycles. The van der Waals surface area contributed by atoms with E-state index in [1.165, 1.54) is 14.2 Å². The number of benzene rings is 1. The summed E-state index contributed by atoms with van der Waals surface area (Å²) in [4.78, 5) is 26.3. The number of hydrogen-bond donors (Lipinski definition) is 1. The topological polar surface area (TPSA) is 81.9 Å². The minimum atomic E-state index is -0.479. The number of methoxy groups -OCH3 is 2. The van der Waals surface area contributed by atoms with Crippen LogP contribution in [-0.4, -0.2) is 32.1 Å². The maximum atomic E-state index is 12.4. The number of rotatable bonds is 3. The van der Waals surface area contributed by atoms with E-state index in [2.05, 4.69) is 6.92 Å². The molecular formula is C18H24N2O4. The van der Waals surface area contributed by atoms with Crippen molar-refractivity contribution in [2.45, 2.75) is 38.8 Å². The lowest BCUT2D eigenvalue weighted by molar-refractivity contribution is -0.117. The summed E-state index contributed by atoms with van der Waals surface area (Å²) in [6, 6.07) is 3.30. The summed E-state index contributed by atoms with van der Waals surface area (Å²) >= 11 is 0. The second-order valence-corrected chi connectivity index (χ2v) is 6.70. The Labute approximate surface area is 141 Å². The Morgan fingerprint density at radius 1 is 1.25 bits per heavy atom. The summed E-state index contributed by atoms with van der Waals surface area (Å²) in [6.45, 7) is 3.65. The predicted octanol–water partition coefficient (Wildman–Crippen LogP) is 2.26. The molecule has 130 valence electrons. The Morgan fingerprint density at radius 2 is 1.92 bits per heavy atom. The van der Waals surface area contributed by atoms with Crippen molar-refractivity contribution in [2.24, 2.45) is 17.6 Å². The summed E-state index contributed by atoms with van der Waals surface area (Å²) < 4.78 is 10.2. The van der Waals surface area contributed by atoms with E-state index in [0.717, 1.165) is 24.1 Å². The van der Waals surface area contributed by atoms with Gasteiger partial charge in [-0.3, -0.25) is 4.79 Å². The molecule has 1 saturated carbocycles. The highest BCUT2D eigenvalue weighted by Crippen LogP contribution is 2.49. The first-order valence-electron chi connectivity index (χ1n) is 8.26. The van der Waals surface area contributed by atoms with E-state index in [4.69, 9.17) is 15.2 Å². The average molecular weight is 332 g/mol. The summed E-state index contributed by atoms with van der Waals surface area (Å²) in [5, 5.41) is 0. The zero-order chi connectivity index (χ0) is 17.6. The van der Waals surface area contributed by atoms with Crippen molar-refractivity contribution in [2.75, 3.05) is 19.1 Å². The molecule has 0 spiro atoms. The molecule has 2 N–H and O–H groups in total. The molecule has 1 aliphatic heterocycles. The molecule has 1 fully saturated rings. The normalized spacial score (nSPS) is 25.9. The number of amides is 1. The van der Waals surface area contributed by atoms with Gasteiger partial charge in [-0.1, -0.05) is 6.92 Å². The SMILES string of the molecule is COC(=O)c1cc2c(cc1OC)N(C(C)=O)C(C1CC1)C(C)C2N. The van der Waals surface area contributed by atoms with Crippen LogP contribution < -0.4 is 15.4 Å². The Balaban J connectivity index is 2.18. The van der Waals surface area contributed by atoms with Crippen LogP contribution in [-0.2, 0) is 9.53 Å².